The van der Waals surface area contributed by atoms with Crippen LogP contribution in [0.15, 0.2) is 79.6 Å². The fraction of sp³-hybridized carbons (Fsp3) is 0.0870. The van der Waals surface area contributed by atoms with Gasteiger partial charge in [-0.3, -0.25) is 4.98 Å². The highest BCUT2D eigenvalue weighted by atomic mass is 19.4. The van der Waals surface area contributed by atoms with E-state index >= 15 is 0 Å². The molecule has 6 heteroatoms. The van der Waals surface area contributed by atoms with E-state index in [-0.39, 0.29) is 5.56 Å². The van der Waals surface area contributed by atoms with Crippen LogP contribution in [0.2, 0.25) is 0 Å². The summed E-state index contributed by atoms with van der Waals surface area (Å²) in [6.45, 7) is 3.78. The molecule has 1 N–H and O–H groups in total. The van der Waals surface area contributed by atoms with Crippen LogP contribution in [-0.4, -0.2) is 14.7 Å². The average Bonchev–Trinajstić information content (AvgIpc) is 3.10. The van der Waals surface area contributed by atoms with Gasteiger partial charge in [-0.1, -0.05) is 43.0 Å². The van der Waals surface area contributed by atoms with E-state index in [9.17, 15) is 18.3 Å². The molecule has 0 unspecified atom stereocenters. The third-order valence-electron chi connectivity index (χ3n) is 4.76. The Hall–Kier alpha value is -3.54. The van der Waals surface area contributed by atoms with E-state index in [1.165, 1.54) is 0 Å². The maximum atomic E-state index is 13.2. The number of rotatable bonds is 4. The molecule has 0 atom stereocenters. The Bertz CT molecular complexity index is 1180. The average molecular weight is 394 g/mol. The van der Waals surface area contributed by atoms with Crippen molar-refractivity contribution in [3.8, 4) is 11.1 Å². The zero-order valence-electron chi connectivity index (χ0n) is 15.3. The molecule has 0 radical (unpaired) electrons. The normalized spacial score (nSPS) is 11.7. The monoisotopic (exact) mass is 394 g/mol. The van der Waals surface area contributed by atoms with Gasteiger partial charge < -0.3 is 9.67 Å². The molecule has 146 valence electrons. The molecule has 0 saturated carbocycles. The van der Waals surface area contributed by atoms with Gasteiger partial charge in [0.1, 0.15) is 5.76 Å². The van der Waals surface area contributed by atoms with Crippen molar-refractivity contribution in [3.63, 3.8) is 0 Å². The second-order valence-corrected chi connectivity index (χ2v) is 6.75. The van der Waals surface area contributed by atoms with E-state index in [1.54, 1.807) is 23.0 Å². The van der Waals surface area contributed by atoms with Gasteiger partial charge in [-0.25, -0.2) is 0 Å². The molecule has 0 aliphatic rings. The number of benzene rings is 2. The van der Waals surface area contributed by atoms with E-state index in [2.05, 4.69) is 11.6 Å². The SMILES string of the molecule is C=C(O)c1cc(C(F)(F)F)cc2ccn(Cc3ccc(-c4ccccc4)cn3)c12. The van der Waals surface area contributed by atoms with Crippen LogP contribution in [0.4, 0.5) is 13.2 Å². The summed E-state index contributed by atoms with van der Waals surface area (Å²) >= 11 is 0. The van der Waals surface area contributed by atoms with Gasteiger partial charge in [0.2, 0.25) is 0 Å². The number of aliphatic hydroxyl groups is 1. The first-order chi connectivity index (χ1) is 13.8. The molecule has 2 aromatic carbocycles. The Kier molecular flexibility index (Phi) is 4.62. The summed E-state index contributed by atoms with van der Waals surface area (Å²) < 4.78 is 41.2. The molecular formula is C23H17F3N2O. The van der Waals surface area contributed by atoms with E-state index in [0.717, 1.165) is 29.0 Å². The lowest BCUT2D eigenvalue weighted by atomic mass is 10.0. The second-order valence-electron chi connectivity index (χ2n) is 6.75. The molecule has 0 saturated heterocycles. The van der Waals surface area contributed by atoms with Crippen molar-refractivity contribution in [2.75, 3.05) is 0 Å². The molecule has 2 aromatic heterocycles. The predicted molar refractivity (Wildman–Crippen MR) is 107 cm³/mol. The summed E-state index contributed by atoms with van der Waals surface area (Å²) in [5.41, 5.74) is 2.50. The van der Waals surface area contributed by atoms with Crippen LogP contribution >= 0.6 is 0 Å². The number of aromatic nitrogens is 2. The Morgan fingerprint density at radius 3 is 2.38 bits per heavy atom. The smallest absolute Gasteiger partial charge is 0.416 e. The minimum atomic E-state index is -4.50. The number of hydrogen-bond acceptors (Lipinski definition) is 2. The Morgan fingerprint density at radius 2 is 1.76 bits per heavy atom. The van der Waals surface area contributed by atoms with E-state index in [1.807, 2.05) is 42.5 Å². The summed E-state index contributed by atoms with van der Waals surface area (Å²) in [5.74, 6) is -0.409. The Morgan fingerprint density at radius 1 is 1.00 bits per heavy atom. The van der Waals surface area contributed by atoms with Gasteiger partial charge in [-0.15, -0.1) is 0 Å². The molecular weight excluding hydrogens is 377 g/mol. The number of nitrogens with zero attached hydrogens (tertiary/aromatic N) is 2. The van der Waals surface area contributed by atoms with Crippen LogP contribution in [0.1, 0.15) is 16.8 Å². The third kappa shape index (κ3) is 3.74. The molecule has 0 aliphatic heterocycles. The van der Waals surface area contributed by atoms with Crippen LogP contribution in [-0.2, 0) is 12.7 Å². The summed E-state index contributed by atoms with van der Waals surface area (Å²) in [5, 5.41) is 10.3. The first-order valence-corrected chi connectivity index (χ1v) is 8.91. The second kappa shape index (κ2) is 7.13. The van der Waals surface area contributed by atoms with Crippen LogP contribution in [0, 0.1) is 0 Å². The Labute approximate surface area is 165 Å². The van der Waals surface area contributed by atoms with Gasteiger partial charge in [-0.05, 0) is 29.8 Å². The number of alkyl halides is 3. The molecule has 4 aromatic rings. The van der Waals surface area contributed by atoms with Crippen LogP contribution in [0.3, 0.4) is 0 Å². The minimum Gasteiger partial charge on any atom is -0.508 e. The van der Waals surface area contributed by atoms with Gasteiger partial charge in [0, 0.05) is 28.9 Å². The largest absolute Gasteiger partial charge is 0.508 e. The van der Waals surface area contributed by atoms with Crippen molar-refractivity contribution in [2.24, 2.45) is 0 Å². The van der Waals surface area contributed by atoms with E-state index < -0.39 is 17.5 Å². The summed E-state index contributed by atoms with van der Waals surface area (Å²) in [6, 6.07) is 17.3. The van der Waals surface area contributed by atoms with Crippen molar-refractivity contribution in [2.45, 2.75) is 12.7 Å². The molecule has 0 aliphatic carbocycles. The third-order valence-corrected chi connectivity index (χ3v) is 4.76. The van der Waals surface area contributed by atoms with Crippen molar-refractivity contribution < 1.29 is 18.3 Å². The van der Waals surface area contributed by atoms with Crippen LogP contribution in [0.5, 0.6) is 0 Å². The van der Waals surface area contributed by atoms with E-state index in [4.69, 9.17) is 0 Å². The lowest BCUT2D eigenvalue weighted by Gasteiger charge is -2.13. The minimum absolute atomic E-state index is 0.0562. The molecule has 2 heterocycles. The van der Waals surface area contributed by atoms with Gasteiger partial charge >= 0.3 is 6.18 Å². The quantitative estimate of drug-likeness (QED) is 0.413. The zero-order chi connectivity index (χ0) is 20.6. The highest BCUT2D eigenvalue weighted by Crippen LogP contribution is 2.35. The first-order valence-electron chi connectivity index (χ1n) is 8.91. The summed E-state index contributed by atoms with van der Waals surface area (Å²) in [6.07, 6.45) is -1.05. The van der Waals surface area contributed by atoms with Crippen molar-refractivity contribution in [3.05, 3.63) is 96.5 Å². The molecule has 0 amide bonds. The highest BCUT2D eigenvalue weighted by Gasteiger charge is 2.32. The lowest BCUT2D eigenvalue weighted by Crippen LogP contribution is -2.07. The lowest BCUT2D eigenvalue weighted by molar-refractivity contribution is -0.137. The molecule has 0 spiro atoms. The van der Waals surface area contributed by atoms with E-state index in [0.29, 0.717) is 17.4 Å². The summed E-state index contributed by atoms with van der Waals surface area (Å²) in [4.78, 5) is 4.48. The standard InChI is InChI=1S/C23H17F3N2O/c1-15(29)21-12-19(23(24,25)26)11-17-9-10-28(22(17)21)14-20-8-7-18(13-27-20)16-5-3-2-4-6-16/h2-13,29H,1,14H2. The molecule has 29 heavy (non-hydrogen) atoms. The number of halogens is 3. The number of fused-ring (bicyclic) bond motifs is 1. The maximum Gasteiger partial charge on any atom is 0.416 e. The maximum absolute atomic E-state index is 13.2. The first kappa shape index (κ1) is 18.8. The van der Waals surface area contributed by atoms with Crippen LogP contribution in [0.25, 0.3) is 27.8 Å². The highest BCUT2D eigenvalue weighted by molar-refractivity contribution is 5.91. The van der Waals surface area contributed by atoms with Gasteiger partial charge in [0.15, 0.2) is 0 Å². The summed E-state index contributed by atoms with van der Waals surface area (Å²) in [7, 11) is 0. The van der Waals surface area contributed by atoms with Gasteiger partial charge in [0.05, 0.1) is 23.3 Å². The zero-order valence-corrected chi connectivity index (χ0v) is 15.3. The van der Waals surface area contributed by atoms with Crippen LogP contribution < -0.4 is 0 Å². The van der Waals surface area contributed by atoms with Crippen molar-refractivity contribution >= 4 is 16.7 Å². The topological polar surface area (TPSA) is 38.0 Å². The molecule has 0 fully saturated rings. The number of pyridine rings is 1. The van der Waals surface area contributed by atoms with Gasteiger partial charge in [0.25, 0.3) is 0 Å². The fourth-order valence-corrected chi connectivity index (χ4v) is 3.36. The molecule has 4 rings (SSSR count). The predicted octanol–water partition coefficient (Wildman–Crippen LogP) is 6.30. The molecule has 0 bridgehead atoms. The van der Waals surface area contributed by atoms with Crippen molar-refractivity contribution in [1.29, 1.82) is 0 Å². The molecule has 3 nitrogen and oxygen atoms in total. The number of hydrogen-bond donors (Lipinski definition) is 1. The number of aliphatic hydroxyl groups excluding tert-OH is 1. The Balaban J connectivity index is 1.71. The fourth-order valence-electron chi connectivity index (χ4n) is 3.36. The van der Waals surface area contributed by atoms with Gasteiger partial charge in [-0.2, -0.15) is 13.2 Å². The van der Waals surface area contributed by atoms with Crippen molar-refractivity contribution in [1.82, 2.24) is 9.55 Å².